The van der Waals surface area contributed by atoms with Crippen molar-refractivity contribution in [2.24, 2.45) is 5.41 Å². The first-order valence-electron chi connectivity index (χ1n) is 9.12. The summed E-state index contributed by atoms with van der Waals surface area (Å²) in [6.07, 6.45) is 3.50. The van der Waals surface area contributed by atoms with Crippen LogP contribution < -0.4 is 15.0 Å². The second-order valence-corrected chi connectivity index (χ2v) is 7.31. The smallest absolute Gasteiger partial charge is 0.238 e. The maximum absolute atomic E-state index is 12.9. The van der Waals surface area contributed by atoms with E-state index in [1.807, 2.05) is 29.2 Å². The van der Waals surface area contributed by atoms with Crippen molar-refractivity contribution in [1.82, 2.24) is 10.2 Å². The van der Waals surface area contributed by atoms with Crippen LogP contribution in [0.15, 0.2) is 24.3 Å². The number of piperazine rings is 1. The Balaban J connectivity index is 1.34. The van der Waals surface area contributed by atoms with Crippen LogP contribution in [-0.4, -0.2) is 56.0 Å². The molecule has 6 heteroatoms. The van der Waals surface area contributed by atoms with Gasteiger partial charge in [0.1, 0.15) is 11.2 Å². The highest BCUT2D eigenvalue weighted by Crippen LogP contribution is 2.48. The number of anilines is 1. The lowest BCUT2D eigenvalue weighted by Gasteiger charge is -2.37. The van der Waals surface area contributed by atoms with Crippen LogP contribution in [0.1, 0.15) is 25.7 Å². The van der Waals surface area contributed by atoms with Gasteiger partial charge in [0.05, 0.1) is 7.11 Å². The van der Waals surface area contributed by atoms with Crippen molar-refractivity contribution in [1.29, 1.82) is 0 Å². The van der Waals surface area contributed by atoms with Crippen molar-refractivity contribution in [3.8, 4) is 5.75 Å². The van der Waals surface area contributed by atoms with Gasteiger partial charge in [-0.05, 0) is 49.9 Å². The fourth-order valence-electron chi connectivity index (χ4n) is 3.48. The lowest BCUT2D eigenvalue weighted by molar-refractivity contribution is -0.144. The maximum atomic E-state index is 12.9. The average Bonchev–Trinajstić information content (AvgIpc) is 3.56. The number of benzene rings is 1. The minimum Gasteiger partial charge on any atom is -0.497 e. The van der Waals surface area contributed by atoms with Crippen molar-refractivity contribution < 1.29 is 14.3 Å². The van der Waals surface area contributed by atoms with Crippen LogP contribution in [0.3, 0.4) is 0 Å². The monoisotopic (exact) mass is 343 g/mol. The van der Waals surface area contributed by atoms with Gasteiger partial charge in [-0.2, -0.15) is 0 Å². The largest absolute Gasteiger partial charge is 0.497 e. The first-order valence-corrected chi connectivity index (χ1v) is 9.12. The molecule has 0 bridgehead atoms. The van der Waals surface area contributed by atoms with Gasteiger partial charge in [0, 0.05) is 37.9 Å². The van der Waals surface area contributed by atoms with E-state index in [2.05, 4.69) is 10.2 Å². The van der Waals surface area contributed by atoms with E-state index in [-0.39, 0.29) is 11.8 Å². The number of hydrogen-bond acceptors (Lipinski definition) is 4. The summed E-state index contributed by atoms with van der Waals surface area (Å²) in [4.78, 5) is 29.5. The van der Waals surface area contributed by atoms with Crippen molar-refractivity contribution in [3.05, 3.63) is 24.3 Å². The minimum absolute atomic E-state index is 0.0278. The van der Waals surface area contributed by atoms with Crippen molar-refractivity contribution in [2.75, 3.05) is 38.2 Å². The molecule has 2 saturated carbocycles. The number of methoxy groups -OCH3 is 1. The molecule has 6 nitrogen and oxygen atoms in total. The predicted molar refractivity (Wildman–Crippen MR) is 94.6 cm³/mol. The van der Waals surface area contributed by atoms with Gasteiger partial charge in [0.15, 0.2) is 0 Å². The van der Waals surface area contributed by atoms with Gasteiger partial charge in [0.2, 0.25) is 11.8 Å². The second-order valence-electron chi connectivity index (χ2n) is 7.31. The van der Waals surface area contributed by atoms with Gasteiger partial charge in [0.25, 0.3) is 0 Å². The molecule has 4 rings (SSSR count). The molecule has 0 spiro atoms. The summed E-state index contributed by atoms with van der Waals surface area (Å²) in [6, 6.07) is 8.30. The van der Waals surface area contributed by atoms with Gasteiger partial charge in [-0.1, -0.05) is 0 Å². The zero-order valence-electron chi connectivity index (χ0n) is 14.7. The van der Waals surface area contributed by atoms with Crippen LogP contribution in [0.25, 0.3) is 0 Å². The number of hydrogen-bond donors (Lipinski definition) is 1. The van der Waals surface area contributed by atoms with Crippen LogP contribution in [0, 0.1) is 5.41 Å². The normalized spacial score (nSPS) is 21.6. The molecular formula is C19H25N3O3. The molecular weight excluding hydrogens is 318 g/mol. The molecule has 1 heterocycles. The summed E-state index contributed by atoms with van der Waals surface area (Å²) in [5, 5.41) is 3.01. The third-order valence-electron chi connectivity index (χ3n) is 5.51. The first-order chi connectivity index (χ1) is 12.1. The lowest BCUT2D eigenvalue weighted by Crippen LogP contribution is -2.53. The molecule has 1 saturated heterocycles. The van der Waals surface area contributed by atoms with Gasteiger partial charge >= 0.3 is 0 Å². The summed E-state index contributed by atoms with van der Waals surface area (Å²) < 4.78 is 5.19. The molecule has 1 N–H and O–H groups in total. The third-order valence-corrected chi connectivity index (χ3v) is 5.51. The van der Waals surface area contributed by atoms with E-state index in [1.165, 1.54) is 0 Å². The third kappa shape index (κ3) is 3.17. The number of carbonyl (C=O) groups excluding carboxylic acids is 2. The number of amides is 2. The number of nitrogens with zero attached hydrogens (tertiary/aromatic N) is 2. The van der Waals surface area contributed by atoms with E-state index in [4.69, 9.17) is 4.74 Å². The van der Waals surface area contributed by atoms with E-state index in [1.54, 1.807) is 7.11 Å². The fourth-order valence-corrected chi connectivity index (χ4v) is 3.48. The predicted octanol–water partition coefficient (Wildman–Crippen LogP) is 1.40. The van der Waals surface area contributed by atoms with Gasteiger partial charge < -0.3 is 19.9 Å². The summed E-state index contributed by atoms with van der Waals surface area (Å²) in [5.74, 6) is 0.826. The summed E-state index contributed by atoms with van der Waals surface area (Å²) in [5.41, 5.74) is 0.380. The Bertz CT molecular complexity index is 657. The molecule has 2 aliphatic carbocycles. The van der Waals surface area contributed by atoms with Crippen LogP contribution in [0.2, 0.25) is 0 Å². The molecule has 134 valence electrons. The lowest BCUT2D eigenvalue weighted by atomic mass is 10.0. The van der Waals surface area contributed by atoms with Crippen molar-refractivity contribution in [3.63, 3.8) is 0 Å². The van der Waals surface area contributed by atoms with E-state index < -0.39 is 5.41 Å². The number of ether oxygens (including phenoxy) is 1. The van der Waals surface area contributed by atoms with Crippen molar-refractivity contribution >= 4 is 17.5 Å². The van der Waals surface area contributed by atoms with E-state index in [0.717, 1.165) is 37.4 Å². The zero-order chi connectivity index (χ0) is 17.4. The molecule has 1 aromatic rings. The maximum Gasteiger partial charge on any atom is 0.238 e. The van der Waals surface area contributed by atoms with Gasteiger partial charge in [-0.3, -0.25) is 9.59 Å². The van der Waals surface area contributed by atoms with Crippen molar-refractivity contribution in [2.45, 2.75) is 31.7 Å². The Labute approximate surface area is 148 Å². The molecule has 3 aliphatic rings. The first kappa shape index (κ1) is 16.2. The van der Waals surface area contributed by atoms with E-state index in [0.29, 0.717) is 32.0 Å². The molecule has 0 atom stereocenters. The van der Waals surface area contributed by atoms with Gasteiger partial charge in [-0.15, -0.1) is 0 Å². The highest BCUT2D eigenvalue weighted by Gasteiger charge is 2.58. The molecule has 3 fully saturated rings. The summed E-state index contributed by atoms with van der Waals surface area (Å²) in [7, 11) is 1.66. The molecule has 0 unspecified atom stereocenters. The van der Waals surface area contributed by atoms with E-state index in [9.17, 15) is 9.59 Å². The highest BCUT2D eigenvalue weighted by molar-refractivity contribution is 6.08. The number of nitrogens with one attached hydrogen (secondary N) is 1. The van der Waals surface area contributed by atoms with Crippen LogP contribution in [0.5, 0.6) is 5.75 Å². The summed E-state index contributed by atoms with van der Waals surface area (Å²) in [6.45, 7) is 2.92. The highest BCUT2D eigenvalue weighted by atomic mass is 16.5. The van der Waals surface area contributed by atoms with Crippen LogP contribution in [0.4, 0.5) is 5.69 Å². The van der Waals surface area contributed by atoms with Gasteiger partial charge in [-0.25, -0.2) is 0 Å². The average molecular weight is 343 g/mol. The second kappa shape index (κ2) is 6.24. The summed E-state index contributed by atoms with van der Waals surface area (Å²) >= 11 is 0. The van der Waals surface area contributed by atoms with Crippen LogP contribution >= 0.6 is 0 Å². The molecule has 0 aromatic heterocycles. The number of carbonyl (C=O) groups is 2. The Morgan fingerprint density at radius 2 is 1.72 bits per heavy atom. The Kier molecular flexibility index (Phi) is 4.06. The Morgan fingerprint density at radius 3 is 2.24 bits per heavy atom. The molecule has 25 heavy (non-hydrogen) atoms. The molecule has 0 radical (unpaired) electrons. The quantitative estimate of drug-likeness (QED) is 0.821. The Morgan fingerprint density at radius 1 is 1.08 bits per heavy atom. The molecule has 2 amide bonds. The zero-order valence-corrected chi connectivity index (χ0v) is 14.7. The SMILES string of the molecule is COc1ccc(N2CCN(C(=O)C3(C(=O)NC4CC4)CC3)CC2)cc1. The Hall–Kier alpha value is -2.24. The van der Waals surface area contributed by atoms with E-state index >= 15 is 0 Å². The topological polar surface area (TPSA) is 61.9 Å². The van der Waals surface area contributed by atoms with Crippen LogP contribution in [-0.2, 0) is 9.59 Å². The fraction of sp³-hybridized carbons (Fsp3) is 0.579. The molecule has 1 aliphatic heterocycles. The number of rotatable bonds is 5. The minimum atomic E-state index is -0.759. The molecule has 1 aromatic carbocycles. The standard InChI is InChI=1S/C19H25N3O3/c1-25-16-6-4-15(5-7-16)21-10-12-22(13-11-21)18(24)19(8-9-19)17(23)20-14-2-3-14/h4-7,14H,2-3,8-13H2,1H3,(H,20,23).